The van der Waals surface area contributed by atoms with Gasteiger partial charge in [-0.1, -0.05) is 49.2 Å². The van der Waals surface area contributed by atoms with Gasteiger partial charge in [0, 0.05) is 0 Å². The zero-order chi connectivity index (χ0) is 19.5. The second kappa shape index (κ2) is 8.26. The highest BCUT2D eigenvalue weighted by Crippen LogP contribution is 2.29. The van der Waals surface area contributed by atoms with Crippen LogP contribution in [-0.4, -0.2) is 20.9 Å². The van der Waals surface area contributed by atoms with Gasteiger partial charge in [-0.3, -0.25) is 14.5 Å². The highest BCUT2D eigenvalue weighted by atomic mass is 35.5. The molecule has 3 N–H and O–H groups in total. The van der Waals surface area contributed by atoms with E-state index in [-0.39, 0.29) is 20.9 Å². The number of carbonyl (C=O) groups excluding carboxylic acids is 1. The Morgan fingerprint density at radius 2 is 1.73 bits per heavy atom. The molecule has 1 amide bonds. The number of rotatable bonds is 6. The molecule has 0 spiro atoms. The molecule has 2 rings (SSSR count). The molecule has 0 saturated heterocycles. The normalized spacial score (nSPS) is 11.5. The Bertz CT molecular complexity index is 900. The summed E-state index contributed by atoms with van der Waals surface area (Å²) < 4.78 is 27.1. The van der Waals surface area contributed by atoms with Gasteiger partial charge in [-0.05, 0) is 41.8 Å². The fourth-order valence-electron chi connectivity index (χ4n) is 2.28. The van der Waals surface area contributed by atoms with Crippen LogP contribution in [0.1, 0.15) is 25.3 Å². The Hall–Kier alpha value is -1.80. The molecular formula is C17H19Cl2N3O3S. The van der Waals surface area contributed by atoms with Gasteiger partial charge in [-0.15, -0.1) is 0 Å². The molecule has 0 fully saturated rings. The van der Waals surface area contributed by atoms with E-state index in [1.165, 1.54) is 18.2 Å². The molecular weight excluding hydrogens is 397 g/mol. The first-order chi connectivity index (χ1) is 12.2. The predicted octanol–water partition coefficient (Wildman–Crippen LogP) is 3.30. The molecule has 0 bridgehead atoms. The highest BCUT2D eigenvalue weighted by molar-refractivity contribution is 7.92. The average molecular weight is 416 g/mol. The van der Waals surface area contributed by atoms with Gasteiger partial charge >= 0.3 is 0 Å². The van der Waals surface area contributed by atoms with E-state index in [2.05, 4.69) is 0 Å². The van der Waals surface area contributed by atoms with Gasteiger partial charge in [0.05, 0.1) is 20.6 Å². The van der Waals surface area contributed by atoms with Gasteiger partial charge in [0.25, 0.3) is 15.9 Å². The Kier molecular flexibility index (Phi) is 6.52. The van der Waals surface area contributed by atoms with Crippen LogP contribution in [0.5, 0.6) is 0 Å². The summed E-state index contributed by atoms with van der Waals surface area (Å²) in [6, 6.07) is 10.9. The summed E-state index contributed by atoms with van der Waals surface area (Å²) >= 11 is 11.8. The SMILES string of the molecule is CC(C)c1ccc(N(CC(=O)NN)S(=O)(=O)c2ccc(Cl)c(Cl)c2)cc1. The molecule has 0 aliphatic rings. The molecule has 0 heterocycles. The lowest BCUT2D eigenvalue weighted by molar-refractivity contribution is -0.119. The summed E-state index contributed by atoms with van der Waals surface area (Å²) in [5.74, 6) is 4.77. The molecule has 2 aromatic carbocycles. The minimum atomic E-state index is -4.06. The molecule has 0 radical (unpaired) electrons. The van der Waals surface area contributed by atoms with Crippen molar-refractivity contribution in [2.24, 2.45) is 5.84 Å². The van der Waals surface area contributed by atoms with Gasteiger partial charge in [0.15, 0.2) is 0 Å². The van der Waals surface area contributed by atoms with E-state index in [0.29, 0.717) is 5.69 Å². The average Bonchev–Trinajstić information content (AvgIpc) is 2.61. The number of sulfonamides is 1. The van der Waals surface area contributed by atoms with Gasteiger partial charge in [0.2, 0.25) is 0 Å². The van der Waals surface area contributed by atoms with Crippen molar-refractivity contribution in [1.29, 1.82) is 0 Å². The first-order valence-corrected chi connectivity index (χ1v) is 9.93. The van der Waals surface area contributed by atoms with Crippen LogP contribution in [0.2, 0.25) is 10.0 Å². The van der Waals surface area contributed by atoms with E-state index in [1.54, 1.807) is 12.1 Å². The van der Waals surface area contributed by atoms with Gasteiger partial charge in [-0.25, -0.2) is 14.3 Å². The number of amides is 1. The molecule has 9 heteroatoms. The van der Waals surface area contributed by atoms with E-state index >= 15 is 0 Å². The largest absolute Gasteiger partial charge is 0.293 e. The molecule has 26 heavy (non-hydrogen) atoms. The van der Waals surface area contributed by atoms with Crippen LogP contribution in [-0.2, 0) is 14.8 Å². The van der Waals surface area contributed by atoms with E-state index < -0.39 is 22.5 Å². The number of halogens is 2. The minimum absolute atomic E-state index is 0.0790. The monoisotopic (exact) mass is 415 g/mol. The van der Waals surface area contributed by atoms with Crippen LogP contribution in [0.25, 0.3) is 0 Å². The van der Waals surface area contributed by atoms with E-state index in [4.69, 9.17) is 29.0 Å². The molecule has 0 atom stereocenters. The summed E-state index contributed by atoms with van der Waals surface area (Å²) in [5, 5.41) is 0.337. The van der Waals surface area contributed by atoms with Gasteiger partial charge in [-0.2, -0.15) is 0 Å². The smallest absolute Gasteiger partial charge is 0.264 e. The summed E-state index contributed by atoms with van der Waals surface area (Å²) in [6.07, 6.45) is 0. The topological polar surface area (TPSA) is 92.5 Å². The quantitative estimate of drug-likeness (QED) is 0.429. The van der Waals surface area contributed by atoms with E-state index in [0.717, 1.165) is 9.87 Å². The maximum absolute atomic E-state index is 13.1. The van der Waals surface area contributed by atoms with Crippen LogP contribution >= 0.6 is 23.2 Å². The third-order valence-electron chi connectivity index (χ3n) is 3.78. The number of hydrogen-bond acceptors (Lipinski definition) is 4. The van der Waals surface area contributed by atoms with Crippen molar-refractivity contribution in [3.05, 3.63) is 58.1 Å². The summed E-state index contributed by atoms with van der Waals surface area (Å²) in [4.78, 5) is 11.7. The van der Waals surface area contributed by atoms with Crippen molar-refractivity contribution < 1.29 is 13.2 Å². The number of hydrogen-bond donors (Lipinski definition) is 2. The number of nitrogens with zero attached hydrogens (tertiary/aromatic N) is 1. The maximum Gasteiger partial charge on any atom is 0.264 e. The molecule has 140 valence electrons. The standard InChI is InChI=1S/C17H19Cl2N3O3S/c1-11(2)12-3-5-13(6-4-12)22(10-17(23)21-20)26(24,25)14-7-8-15(18)16(19)9-14/h3-9,11H,10,20H2,1-2H3,(H,21,23). The van der Waals surface area contributed by atoms with Crippen molar-refractivity contribution >= 4 is 44.8 Å². The number of anilines is 1. The van der Waals surface area contributed by atoms with Crippen LogP contribution < -0.4 is 15.6 Å². The summed E-state index contributed by atoms with van der Waals surface area (Å²) in [6.45, 7) is 3.59. The first-order valence-electron chi connectivity index (χ1n) is 7.74. The van der Waals surface area contributed by atoms with Crippen LogP contribution in [0.4, 0.5) is 5.69 Å². The summed E-state index contributed by atoms with van der Waals surface area (Å²) in [5.41, 5.74) is 3.33. The third kappa shape index (κ3) is 4.48. The zero-order valence-corrected chi connectivity index (χ0v) is 16.6. The number of benzene rings is 2. The van der Waals surface area contributed by atoms with Gasteiger partial charge in [0.1, 0.15) is 6.54 Å². The molecule has 0 aromatic heterocycles. The lowest BCUT2D eigenvalue weighted by atomic mass is 10.0. The van der Waals surface area contributed by atoms with Crippen molar-refractivity contribution in [2.45, 2.75) is 24.7 Å². The minimum Gasteiger partial charge on any atom is -0.293 e. The van der Waals surface area contributed by atoms with E-state index in [1.807, 2.05) is 31.4 Å². The molecule has 6 nitrogen and oxygen atoms in total. The van der Waals surface area contributed by atoms with Crippen molar-refractivity contribution in [3.8, 4) is 0 Å². The Labute approximate surface area is 162 Å². The van der Waals surface area contributed by atoms with Crippen LogP contribution in [0.3, 0.4) is 0 Å². The number of nitrogens with two attached hydrogens (primary N) is 1. The molecule has 2 aromatic rings. The second-order valence-electron chi connectivity index (χ2n) is 5.90. The van der Waals surface area contributed by atoms with Crippen LogP contribution in [0.15, 0.2) is 47.4 Å². The third-order valence-corrected chi connectivity index (χ3v) is 6.28. The number of hydrazine groups is 1. The number of carbonyl (C=O) groups is 1. The highest BCUT2D eigenvalue weighted by Gasteiger charge is 2.27. The summed E-state index contributed by atoms with van der Waals surface area (Å²) in [7, 11) is -4.06. The lowest BCUT2D eigenvalue weighted by Gasteiger charge is -2.24. The predicted molar refractivity (Wildman–Crippen MR) is 104 cm³/mol. The number of nitrogens with one attached hydrogen (secondary N) is 1. The van der Waals surface area contributed by atoms with Crippen molar-refractivity contribution in [2.75, 3.05) is 10.8 Å². The van der Waals surface area contributed by atoms with E-state index in [9.17, 15) is 13.2 Å². The Morgan fingerprint density at radius 3 is 2.23 bits per heavy atom. The van der Waals surface area contributed by atoms with Gasteiger partial charge < -0.3 is 0 Å². The van der Waals surface area contributed by atoms with Crippen molar-refractivity contribution in [1.82, 2.24) is 5.43 Å². The lowest BCUT2D eigenvalue weighted by Crippen LogP contribution is -2.43. The zero-order valence-electron chi connectivity index (χ0n) is 14.2. The van der Waals surface area contributed by atoms with Crippen molar-refractivity contribution in [3.63, 3.8) is 0 Å². The molecule has 0 aliphatic heterocycles. The molecule has 0 unspecified atom stereocenters. The maximum atomic E-state index is 13.1. The van der Waals surface area contributed by atoms with Crippen LogP contribution in [0, 0.1) is 0 Å². The molecule has 0 aliphatic carbocycles. The Balaban J connectivity index is 2.52. The fourth-order valence-corrected chi connectivity index (χ4v) is 4.09. The Morgan fingerprint density at radius 1 is 1.12 bits per heavy atom. The molecule has 0 saturated carbocycles. The fraction of sp³-hybridized carbons (Fsp3) is 0.235. The first kappa shape index (κ1) is 20.5. The second-order valence-corrected chi connectivity index (χ2v) is 8.58.